The topological polar surface area (TPSA) is 89.1 Å². The van der Waals surface area contributed by atoms with Gasteiger partial charge in [0.1, 0.15) is 12.2 Å². The minimum atomic E-state index is 0. The molecule has 0 radical (unpaired) electrons. The fraction of sp³-hybridized carbons (Fsp3) is 0.529. The van der Waals surface area contributed by atoms with E-state index in [1.54, 1.807) is 30.1 Å². The monoisotopic (exact) mass is 473 g/mol. The quantitative estimate of drug-likeness (QED) is 0.248. The molecule has 0 bridgehead atoms. The first-order valence-electron chi connectivity index (χ1n) is 8.71. The van der Waals surface area contributed by atoms with Crippen molar-refractivity contribution < 1.29 is 0 Å². The number of rotatable bonds is 9. The average molecular weight is 473 g/mol. The van der Waals surface area contributed by atoms with Crippen LogP contribution in [0.15, 0.2) is 40.5 Å². The molecule has 2 aromatic rings. The summed E-state index contributed by atoms with van der Waals surface area (Å²) in [4.78, 5) is 15.8. The van der Waals surface area contributed by atoms with Crippen LogP contribution in [0.1, 0.15) is 25.6 Å². The second kappa shape index (κ2) is 12.4. The number of aryl methyl sites for hydroxylation is 2. The molecule has 2 aromatic heterocycles. The Morgan fingerprint density at radius 1 is 1.15 bits per heavy atom. The van der Waals surface area contributed by atoms with Gasteiger partial charge in [0.2, 0.25) is 5.56 Å². The van der Waals surface area contributed by atoms with Crippen molar-refractivity contribution in [3.05, 3.63) is 46.9 Å². The van der Waals surface area contributed by atoms with Crippen molar-refractivity contribution in [1.82, 2.24) is 30.0 Å². The number of guanidine groups is 1. The van der Waals surface area contributed by atoms with E-state index < -0.39 is 0 Å². The zero-order chi connectivity index (χ0) is 17.9. The van der Waals surface area contributed by atoms with Crippen LogP contribution < -0.4 is 16.2 Å². The SMILES string of the molecule is CCc1nncn1CCNC(=NC)NCCCCn1ccccc1=O.I. The molecule has 144 valence electrons. The molecule has 8 nitrogen and oxygen atoms in total. The molecule has 0 spiro atoms. The number of hydrogen-bond acceptors (Lipinski definition) is 4. The summed E-state index contributed by atoms with van der Waals surface area (Å²) >= 11 is 0. The van der Waals surface area contributed by atoms with Gasteiger partial charge in [0.25, 0.3) is 0 Å². The normalized spacial score (nSPS) is 11.1. The molecule has 0 aromatic carbocycles. The molecular formula is C17H28IN7O. The summed E-state index contributed by atoms with van der Waals surface area (Å²) in [6.45, 7) is 5.17. The molecule has 0 aliphatic rings. The molecule has 26 heavy (non-hydrogen) atoms. The average Bonchev–Trinajstić information content (AvgIpc) is 3.09. The third kappa shape index (κ3) is 7.14. The van der Waals surface area contributed by atoms with Crippen LogP contribution in [0.25, 0.3) is 0 Å². The number of nitrogens with one attached hydrogen (secondary N) is 2. The maximum Gasteiger partial charge on any atom is 0.250 e. The highest BCUT2D eigenvalue weighted by atomic mass is 127. The predicted octanol–water partition coefficient (Wildman–Crippen LogP) is 1.27. The number of aliphatic imine (C=N–C) groups is 1. The Hall–Kier alpha value is -1.91. The van der Waals surface area contributed by atoms with Gasteiger partial charge in [-0.05, 0) is 18.9 Å². The van der Waals surface area contributed by atoms with Gasteiger partial charge >= 0.3 is 0 Å². The van der Waals surface area contributed by atoms with E-state index in [1.165, 1.54) is 0 Å². The lowest BCUT2D eigenvalue weighted by molar-refractivity contribution is 0.582. The minimum absolute atomic E-state index is 0. The highest BCUT2D eigenvalue weighted by molar-refractivity contribution is 14.0. The third-order valence-electron chi connectivity index (χ3n) is 3.90. The first-order chi connectivity index (χ1) is 12.2. The number of aromatic nitrogens is 4. The Bertz CT molecular complexity index is 726. The molecule has 2 heterocycles. The first kappa shape index (κ1) is 22.1. The Labute approximate surface area is 171 Å². The van der Waals surface area contributed by atoms with Crippen molar-refractivity contribution in [2.24, 2.45) is 4.99 Å². The highest BCUT2D eigenvalue weighted by Gasteiger charge is 2.02. The van der Waals surface area contributed by atoms with Crippen LogP contribution >= 0.6 is 24.0 Å². The first-order valence-corrected chi connectivity index (χ1v) is 8.71. The largest absolute Gasteiger partial charge is 0.356 e. The van der Waals surface area contributed by atoms with E-state index >= 15 is 0 Å². The Kier molecular flexibility index (Phi) is 10.6. The number of halogens is 1. The summed E-state index contributed by atoms with van der Waals surface area (Å²) in [5.74, 6) is 1.77. The van der Waals surface area contributed by atoms with Crippen LogP contribution in [0.2, 0.25) is 0 Å². The summed E-state index contributed by atoms with van der Waals surface area (Å²) < 4.78 is 3.77. The van der Waals surface area contributed by atoms with Gasteiger partial charge in [0, 0.05) is 51.9 Å². The molecule has 0 atom stereocenters. The molecule has 0 saturated carbocycles. The van der Waals surface area contributed by atoms with Crippen LogP contribution in [-0.2, 0) is 19.5 Å². The van der Waals surface area contributed by atoms with Crippen LogP contribution in [-0.4, -0.2) is 45.4 Å². The summed E-state index contributed by atoms with van der Waals surface area (Å²) in [5, 5.41) is 14.6. The lowest BCUT2D eigenvalue weighted by Gasteiger charge is -2.12. The van der Waals surface area contributed by atoms with E-state index in [0.29, 0.717) is 0 Å². The lowest BCUT2D eigenvalue weighted by Crippen LogP contribution is -2.39. The van der Waals surface area contributed by atoms with E-state index in [1.807, 2.05) is 16.8 Å². The fourth-order valence-electron chi connectivity index (χ4n) is 2.51. The molecule has 0 aliphatic heterocycles. The van der Waals surface area contributed by atoms with E-state index in [-0.39, 0.29) is 29.5 Å². The Morgan fingerprint density at radius 3 is 2.69 bits per heavy atom. The van der Waals surface area contributed by atoms with Crippen LogP contribution in [0.3, 0.4) is 0 Å². The number of hydrogen-bond donors (Lipinski definition) is 2. The van der Waals surface area contributed by atoms with E-state index in [4.69, 9.17) is 0 Å². The van der Waals surface area contributed by atoms with Crippen molar-refractivity contribution in [2.75, 3.05) is 20.1 Å². The zero-order valence-corrected chi connectivity index (χ0v) is 17.7. The van der Waals surface area contributed by atoms with Crippen molar-refractivity contribution in [2.45, 2.75) is 39.3 Å². The maximum absolute atomic E-state index is 11.6. The van der Waals surface area contributed by atoms with Crippen molar-refractivity contribution in [3.63, 3.8) is 0 Å². The van der Waals surface area contributed by atoms with Crippen molar-refractivity contribution in [3.8, 4) is 0 Å². The fourth-order valence-corrected chi connectivity index (χ4v) is 2.51. The Balaban J connectivity index is 0.00000338. The number of pyridine rings is 1. The van der Waals surface area contributed by atoms with Crippen LogP contribution in [0.4, 0.5) is 0 Å². The summed E-state index contributed by atoms with van der Waals surface area (Å²) in [6.07, 6.45) is 6.35. The second-order valence-electron chi connectivity index (χ2n) is 5.66. The van der Waals surface area contributed by atoms with Crippen LogP contribution in [0.5, 0.6) is 0 Å². The molecule has 0 aliphatic carbocycles. The van der Waals surface area contributed by atoms with Gasteiger partial charge in [-0.3, -0.25) is 9.79 Å². The maximum atomic E-state index is 11.6. The highest BCUT2D eigenvalue weighted by Crippen LogP contribution is 1.95. The molecule has 0 fully saturated rings. The van der Waals surface area contributed by atoms with Crippen molar-refractivity contribution >= 4 is 29.9 Å². The third-order valence-corrected chi connectivity index (χ3v) is 3.90. The van der Waals surface area contributed by atoms with Gasteiger partial charge < -0.3 is 19.8 Å². The van der Waals surface area contributed by atoms with Gasteiger partial charge in [0.05, 0.1) is 0 Å². The van der Waals surface area contributed by atoms with E-state index in [0.717, 1.165) is 57.2 Å². The summed E-state index contributed by atoms with van der Waals surface area (Å²) in [7, 11) is 1.76. The zero-order valence-electron chi connectivity index (χ0n) is 15.4. The predicted molar refractivity (Wildman–Crippen MR) is 114 cm³/mol. The molecule has 9 heteroatoms. The molecule has 0 amide bonds. The Morgan fingerprint density at radius 2 is 1.96 bits per heavy atom. The van der Waals surface area contributed by atoms with Gasteiger partial charge in [-0.1, -0.05) is 13.0 Å². The van der Waals surface area contributed by atoms with Gasteiger partial charge in [-0.15, -0.1) is 34.2 Å². The second-order valence-corrected chi connectivity index (χ2v) is 5.66. The van der Waals surface area contributed by atoms with E-state index in [9.17, 15) is 4.79 Å². The summed E-state index contributed by atoms with van der Waals surface area (Å²) in [6, 6.07) is 5.23. The smallest absolute Gasteiger partial charge is 0.250 e. The number of unbranched alkanes of at least 4 members (excludes halogenated alkanes) is 1. The minimum Gasteiger partial charge on any atom is -0.356 e. The van der Waals surface area contributed by atoms with Crippen molar-refractivity contribution in [1.29, 1.82) is 0 Å². The van der Waals surface area contributed by atoms with Gasteiger partial charge in [-0.25, -0.2) is 0 Å². The van der Waals surface area contributed by atoms with Gasteiger partial charge in [0.15, 0.2) is 5.96 Å². The lowest BCUT2D eigenvalue weighted by atomic mass is 10.3. The van der Waals surface area contributed by atoms with E-state index in [2.05, 4.69) is 32.7 Å². The number of nitrogens with zero attached hydrogens (tertiary/aromatic N) is 5. The van der Waals surface area contributed by atoms with Crippen LogP contribution in [0, 0.1) is 0 Å². The molecule has 2 N–H and O–H groups in total. The molecule has 0 saturated heterocycles. The summed E-state index contributed by atoms with van der Waals surface area (Å²) in [5.41, 5.74) is 0.0494. The molecular weight excluding hydrogens is 445 g/mol. The van der Waals surface area contributed by atoms with Gasteiger partial charge in [-0.2, -0.15) is 0 Å². The standard InChI is InChI=1S/C17H27N7O.HI/c1-3-15-22-21-14-24(15)13-10-20-17(18-2)19-9-5-7-12-23-11-6-4-8-16(23)25;/h4,6,8,11,14H,3,5,7,9-10,12-13H2,1-2H3,(H2,18,19,20);1H. The molecule has 2 rings (SSSR count). The molecule has 0 unspecified atom stereocenters.